The Morgan fingerprint density at radius 1 is 1.04 bits per heavy atom. The quantitative estimate of drug-likeness (QED) is 0.246. The van der Waals surface area contributed by atoms with Gasteiger partial charge in [-0.05, 0) is 20.8 Å². The zero-order valence-electron chi connectivity index (χ0n) is 13.5. The van der Waals surface area contributed by atoms with Gasteiger partial charge < -0.3 is 14.2 Å². The van der Waals surface area contributed by atoms with Crippen molar-refractivity contribution >= 4 is 12.6 Å². The van der Waals surface area contributed by atoms with E-state index in [1.54, 1.807) is 0 Å². The molecule has 5 nitrogen and oxygen atoms in total. The molecule has 24 heavy (non-hydrogen) atoms. The molecule has 0 bridgehead atoms. The van der Waals surface area contributed by atoms with Gasteiger partial charge in [0.25, 0.3) is 0 Å². The van der Waals surface area contributed by atoms with Crippen LogP contribution < -0.4 is 5.90 Å². The Kier molecular flexibility index (Phi) is 8.31. The third-order valence-corrected chi connectivity index (χ3v) is 3.34. The van der Waals surface area contributed by atoms with Crippen molar-refractivity contribution in [3.8, 4) is 0 Å². The molecule has 0 radical (unpaired) electrons. The second-order valence-electron chi connectivity index (χ2n) is 5.64. The van der Waals surface area contributed by atoms with E-state index in [0.29, 0.717) is 6.92 Å². The molecular weight excluding hydrogens is 368 g/mol. The van der Waals surface area contributed by atoms with E-state index in [2.05, 4.69) is 37.6 Å². The van der Waals surface area contributed by atoms with Crippen molar-refractivity contribution in [2.45, 2.75) is 55.9 Å². The van der Waals surface area contributed by atoms with Crippen LogP contribution in [0.1, 0.15) is 20.8 Å². The van der Waals surface area contributed by atoms with Crippen molar-refractivity contribution in [1.82, 2.24) is 0 Å². The third-order valence-electron chi connectivity index (χ3n) is 2.90. The first-order valence-corrected chi connectivity index (χ1v) is 7.01. The number of halogens is 6. The number of hydrogen-bond donors (Lipinski definition) is 2. The van der Waals surface area contributed by atoms with Crippen LogP contribution in [0.15, 0.2) is 0 Å². The van der Waals surface area contributed by atoms with Crippen LogP contribution in [0.25, 0.3) is 0 Å². The molecule has 0 fully saturated rings. The van der Waals surface area contributed by atoms with E-state index in [-0.39, 0.29) is 0 Å². The summed E-state index contributed by atoms with van der Waals surface area (Å²) >= 11 is 3.47. The van der Waals surface area contributed by atoms with Crippen molar-refractivity contribution in [3.05, 3.63) is 0 Å². The van der Waals surface area contributed by atoms with Crippen LogP contribution in [0.5, 0.6) is 0 Å². The summed E-state index contributed by atoms with van der Waals surface area (Å²) in [6, 6.07) is 0. The van der Waals surface area contributed by atoms with E-state index in [0.717, 1.165) is 21.0 Å². The summed E-state index contributed by atoms with van der Waals surface area (Å²) in [7, 11) is 0.960. The Morgan fingerprint density at radius 3 is 1.96 bits per heavy atom. The van der Waals surface area contributed by atoms with E-state index >= 15 is 0 Å². The lowest BCUT2D eigenvalue weighted by atomic mass is 10.0. The zero-order chi connectivity index (χ0) is 19.4. The van der Waals surface area contributed by atoms with Crippen LogP contribution in [0.2, 0.25) is 0 Å². The molecule has 0 aromatic heterocycles. The fourth-order valence-corrected chi connectivity index (χ4v) is 1.73. The van der Waals surface area contributed by atoms with Gasteiger partial charge in [-0.1, -0.05) is 0 Å². The number of methoxy groups -OCH3 is 1. The first-order chi connectivity index (χ1) is 10.6. The molecule has 0 aromatic carbocycles. The first kappa shape index (κ1) is 23.7. The number of hydrogen-bond acceptors (Lipinski definition) is 6. The molecule has 0 heterocycles. The second-order valence-corrected chi connectivity index (χ2v) is 6.50. The average molecular weight is 389 g/mol. The number of alkyl halides is 6. The summed E-state index contributed by atoms with van der Waals surface area (Å²) in [5, 5.41) is 0. The van der Waals surface area contributed by atoms with Gasteiger partial charge in [0.15, 0.2) is 17.7 Å². The normalized spacial score (nSPS) is 19.0. The molecule has 0 amide bonds. The maximum absolute atomic E-state index is 14.1. The van der Waals surface area contributed by atoms with Crippen LogP contribution in [0.4, 0.5) is 26.3 Å². The maximum atomic E-state index is 14.1. The molecule has 0 spiro atoms. The Hall–Kier alpha value is -0.270. The highest BCUT2D eigenvalue weighted by Crippen LogP contribution is 2.39. The lowest BCUT2D eigenvalue weighted by Crippen LogP contribution is -2.53. The van der Waals surface area contributed by atoms with Crippen LogP contribution in [0, 0.1) is 0 Å². The van der Waals surface area contributed by atoms with Gasteiger partial charge in [0.1, 0.15) is 12.2 Å². The third kappa shape index (κ3) is 6.56. The molecule has 2 N–H and O–H groups in total. The summed E-state index contributed by atoms with van der Waals surface area (Å²) in [6.45, 7) is -0.360. The molecule has 146 valence electrons. The van der Waals surface area contributed by atoms with E-state index in [4.69, 9.17) is 0 Å². The first-order valence-electron chi connectivity index (χ1n) is 6.56. The highest BCUT2D eigenvalue weighted by atomic mass is 32.1. The fraction of sp³-hybridized carbons (Fsp3) is 1.00. The smallest absolute Gasteiger partial charge is 0.378 e. The van der Waals surface area contributed by atoms with Crippen LogP contribution in [-0.4, -0.2) is 55.4 Å². The van der Waals surface area contributed by atoms with Gasteiger partial charge in [0.2, 0.25) is 6.36 Å². The molecule has 0 aliphatic heterocycles. The van der Waals surface area contributed by atoms with E-state index < -0.39 is 48.3 Å². The standard InChI is InChI=1S/C12H21F6NO4S/c1-9(2,23-12(17,18)6-21-19)7(13)8(14)22-10(3,24)11(15,16)5-20-4/h7-8,24H,5-6,19H2,1-4H3. The van der Waals surface area contributed by atoms with Crippen LogP contribution in [0.3, 0.4) is 0 Å². The fourth-order valence-electron chi connectivity index (χ4n) is 1.56. The molecule has 0 rings (SSSR count). The van der Waals surface area contributed by atoms with Crippen molar-refractivity contribution < 1.29 is 45.4 Å². The van der Waals surface area contributed by atoms with Gasteiger partial charge in [0, 0.05) is 7.11 Å². The lowest BCUT2D eigenvalue weighted by Gasteiger charge is -2.38. The zero-order valence-corrected chi connectivity index (χ0v) is 14.4. The predicted octanol–water partition coefficient (Wildman–Crippen LogP) is 2.84. The lowest BCUT2D eigenvalue weighted by molar-refractivity contribution is -0.331. The molecule has 0 aliphatic carbocycles. The van der Waals surface area contributed by atoms with Crippen molar-refractivity contribution in [2.75, 3.05) is 20.3 Å². The van der Waals surface area contributed by atoms with Crippen molar-refractivity contribution in [1.29, 1.82) is 0 Å². The Bertz CT molecular complexity index is 400. The van der Waals surface area contributed by atoms with Crippen molar-refractivity contribution in [3.63, 3.8) is 0 Å². The van der Waals surface area contributed by atoms with Crippen molar-refractivity contribution in [2.24, 2.45) is 5.90 Å². The number of thiol groups is 1. The van der Waals surface area contributed by atoms with Crippen LogP contribution >= 0.6 is 12.6 Å². The molecule has 3 unspecified atom stereocenters. The van der Waals surface area contributed by atoms with Gasteiger partial charge in [-0.2, -0.15) is 17.6 Å². The van der Waals surface area contributed by atoms with Gasteiger partial charge in [0.05, 0.1) is 0 Å². The Morgan fingerprint density at radius 2 is 1.54 bits per heavy atom. The average Bonchev–Trinajstić information content (AvgIpc) is 2.35. The monoisotopic (exact) mass is 389 g/mol. The van der Waals surface area contributed by atoms with Gasteiger partial charge >= 0.3 is 12.0 Å². The second kappa shape index (κ2) is 8.41. The highest BCUT2D eigenvalue weighted by molar-refractivity contribution is 7.81. The number of ether oxygens (including phenoxy) is 3. The summed E-state index contributed by atoms with van der Waals surface area (Å²) in [6.07, 6.45) is -9.93. The topological polar surface area (TPSA) is 62.9 Å². The molecule has 0 saturated heterocycles. The summed E-state index contributed by atoms with van der Waals surface area (Å²) < 4.78 is 94.6. The minimum atomic E-state index is -4.04. The summed E-state index contributed by atoms with van der Waals surface area (Å²) in [5.74, 6) is 0.677. The van der Waals surface area contributed by atoms with Gasteiger partial charge in [-0.3, -0.25) is 4.84 Å². The molecule has 3 atom stereocenters. The predicted molar refractivity (Wildman–Crippen MR) is 75.3 cm³/mol. The maximum Gasteiger partial charge on any atom is 0.381 e. The van der Waals surface area contributed by atoms with E-state index in [1.165, 1.54) is 0 Å². The van der Waals surface area contributed by atoms with E-state index in [9.17, 15) is 26.3 Å². The molecule has 0 aromatic rings. The minimum Gasteiger partial charge on any atom is -0.378 e. The Balaban J connectivity index is 5.06. The minimum absolute atomic E-state index is 0.680. The van der Waals surface area contributed by atoms with Gasteiger partial charge in [-0.15, -0.1) is 12.6 Å². The van der Waals surface area contributed by atoms with E-state index in [1.807, 2.05) is 0 Å². The molecule has 0 aliphatic rings. The number of nitrogens with two attached hydrogens (primary N) is 1. The molecule has 0 saturated carbocycles. The Labute approximate surface area is 141 Å². The summed E-state index contributed by atoms with van der Waals surface area (Å²) in [5.41, 5.74) is -2.46. The number of rotatable bonds is 11. The highest BCUT2D eigenvalue weighted by Gasteiger charge is 2.54. The SMILES string of the molecule is COCC(F)(F)C(C)(S)OC(F)C(F)C(C)(C)OC(F)(F)CON. The van der Waals surface area contributed by atoms with Gasteiger partial charge in [-0.25, -0.2) is 14.7 Å². The van der Waals surface area contributed by atoms with Crippen LogP contribution in [-0.2, 0) is 19.0 Å². The summed E-state index contributed by atoms with van der Waals surface area (Å²) in [4.78, 5) is 0.925. The molecular formula is C12H21F6NO4S. The largest absolute Gasteiger partial charge is 0.381 e. The molecule has 12 heteroatoms.